The molecule has 0 bridgehead atoms. The summed E-state index contributed by atoms with van der Waals surface area (Å²) in [6.45, 7) is 2.02. The second-order valence-electron chi connectivity index (χ2n) is 5.32. The molecule has 1 heterocycles. The number of aryl methyl sites for hydroxylation is 1. The van der Waals surface area contributed by atoms with Crippen LogP contribution in [-0.2, 0) is 10.5 Å². The van der Waals surface area contributed by atoms with Crippen LogP contribution >= 0.6 is 27.7 Å². The summed E-state index contributed by atoms with van der Waals surface area (Å²) in [5.74, 6) is 1.62. The number of halogens is 2. The third-order valence-electron chi connectivity index (χ3n) is 3.43. The third kappa shape index (κ3) is 4.02. The molecular weight excluding hydrogens is 397 g/mol. The van der Waals surface area contributed by atoms with E-state index in [1.54, 1.807) is 19.1 Å². The van der Waals surface area contributed by atoms with Crippen molar-refractivity contribution in [2.75, 3.05) is 17.9 Å². The van der Waals surface area contributed by atoms with Crippen molar-refractivity contribution in [2.24, 2.45) is 0 Å². The monoisotopic (exact) mass is 411 g/mol. The first-order valence-electron chi connectivity index (χ1n) is 7.24. The first kappa shape index (κ1) is 17.1. The van der Waals surface area contributed by atoms with Crippen molar-refractivity contribution in [1.29, 1.82) is 0 Å². The Hall–Kier alpha value is -1.73. The molecule has 7 heteroatoms. The lowest BCUT2D eigenvalue weighted by Crippen LogP contribution is -2.15. The maximum atomic E-state index is 13.7. The van der Waals surface area contributed by atoms with Gasteiger partial charge in [0.05, 0.1) is 11.4 Å². The highest BCUT2D eigenvalue weighted by molar-refractivity contribution is 9.10. The molecule has 1 N–H and O–H groups in total. The molecule has 24 heavy (non-hydrogen) atoms. The molecule has 0 fully saturated rings. The van der Waals surface area contributed by atoms with Gasteiger partial charge in [0, 0.05) is 10.2 Å². The number of rotatable bonds is 5. The second-order valence-corrected chi connectivity index (χ2v) is 7.16. The molecule has 0 unspecified atom stereocenters. The molecule has 2 aromatic rings. The highest BCUT2D eigenvalue weighted by Gasteiger charge is 2.16. The summed E-state index contributed by atoms with van der Waals surface area (Å²) < 4.78 is 25.3. The van der Waals surface area contributed by atoms with E-state index in [1.165, 1.54) is 17.8 Å². The molecule has 0 spiro atoms. The highest BCUT2D eigenvalue weighted by Crippen LogP contribution is 2.38. The maximum absolute atomic E-state index is 13.7. The normalized spacial score (nSPS) is 12.3. The zero-order valence-electron chi connectivity index (χ0n) is 12.9. The van der Waals surface area contributed by atoms with Crippen LogP contribution in [0, 0.1) is 12.7 Å². The van der Waals surface area contributed by atoms with Crippen molar-refractivity contribution < 1.29 is 18.7 Å². The number of carbonyl (C=O) groups is 1. The van der Waals surface area contributed by atoms with E-state index in [0.717, 1.165) is 15.6 Å². The van der Waals surface area contributed by atoms with Gasteiger partial charge in [-0.1, -0.05) is 22.0 Å². The Bertz CT molecular complexity index is 785. The fourth-order valence-corrected chi connectivity index (χ4v) is 3.70. The Morgan fingerprint density at radius 2 is 2.04 bits per heavy atom. The Labute approximate surface area is 151 Å². The fourth-order valence-electron chi connectivity index (χ4n) is 2.23. The Morgan fingerprint density at radius 3 is 2.79 bits per heavy atom. The topological polar surface area (TPSA) is 47.6 Å². The molecule has 126 valence electrons. The van der Waals surface area contributed by atoms with E-state index in [-0.39, 0.29) is 24.1 Å². The van der Waals surface area contributed by atoms with Crippen molar-refractivity contribution in [1.82, 2.24) is 0 Å². The second kappa shape index (κ2) is 7.44. The number of carbonyl (C=O) groups excluding carboxylic acids is 1. The number of fused-ring (bicyclic) bond motifs is 1. The van der Waals surface area contributed by atoms with Gasteiger partial charge in [-0.15, -0.1) is 11.8 Å². The number of ether oxygens (including phenoxy) is 2. The predicted octanol–water partition coefficient (Wildman–Crippen LogP) is 4.50. The molecule has 0 atom stereocenters. The lowest BCUT2D eigenvalue weighted by molar-refractivity contribution is -0.113. The van der Waals surface area contributed by atoms with Gasteiger partial charge in [0.1, 0.15) is 5.82 Å². The Morgan fingerprint density at radius 1 is 1.29 bits per heavy atom. The van der Waals surface area contributed by atoms with E-state index < -0.39 is 5.82 Å². The molecule has 0 saturated carbocycles. The van der Waals surface area contributed by atoms with Gasteiger partial charge in [0.2, 0.25) is 12.7 Å². The van der Waals surface area contributed by atoms with Gasteiger partial charge in [-0.3, -0.25) is 4.79 Å². The fraction of sp³-hybridized carbons (Fsp3) is 0.235. The van der Waals surface area contributed by atoms with Gasteiger partial charge >= 0.3 is 0 Å². The molecule has 1 aliphatic rings. The van der Waals surface area contributed by atoms with Crippen LogP contribution in [0.1, 0.15) is 11.1 Å². The SMILES string of the molecule is Cc1ccc(NC(=O)CSCc2cc3c(cc2Br)OCO3)c(F)c1. The van der Waals surface area contributed by atoms with Crippen LogP contribution in [0.4, 0.5) is 10.1 Å². The van der Waals surface area contributed by atoms with Crippen LogP contribution in [0.2, 0.25) is 0 Å². The number of nitrogens with one attached hydrogen (secondary N) is 1. The molecular formula is C17H15BrFNO3S. The number of amides is 1. The average Bonchev–Trinajstić information content (AvgIpc) is 2.97. The molecule has 2 aromatic carbocycles. The number of benzene rings is 2. The first-order valence-corrected chi connectivity index (χ1v) is 9.19. The van der Waals surface area contributed by atoms with E-state index in [4.69, 9.17) is 9.47 Å². The number of hydrogen-bond acceptors (Lipinski definition) is 4. The largest absolute Gasteiger partial charge is 0.454 e. The van der Waals surface area contributed by atoms with Crippen molar-refractivity contribution in [3.63, 3.8) is 0 Å². The molecule has 0 saturated heterocycles. The summed E-state index contributed by atoms with van der Waals surface area (Å²) in [4.78, 5) is 12.0. The van der Waals surface area contributed by atoms with Gasteiger partial charge < -0.3 is 14.8 Å². The number of anilines is 1. The summed E-state index contributed by atoms with van der Waals surface area (Å²) in [5.41, 5.74) is 2.03. The molecule has 0 aliphatic carbocycles. The Kier molecular flexibility index (Phi) is 5.30. The summed E-state index contributed by atoms with van der Waals surface area (Å²) in [6.07, 6.45) is 0. The van der Waals surface area contributed by atoms with E-state index in [1.807, 2.05) is 12.1 Å². The van der Waals surface area contributed by atoms with Crippen LogP contribution in [0.25, 0.3) is 0 Å². The molecule has 3 rings (SSSR count). The summed E-state index contributed by atoms with van der Waals surface area (Å²) in [5, 5.41) is 2.59. The lowest BCUT2D eigenvalue weighted by Gasteiger charge is -2.08. The van der Waals surface area contributed by atoms with Crippen LogP contribution < -0.4 is 14.8 Å². The van der Waals surface area contributed by atoms with Crippen molar-refractivity contribution in [3.05, 3.63) is 51.7 Å². The van der Waals surface area contributed by atoms with Crippen LogP contribution in [0.15, 0.2) is 34.8 Å². The molecule has 0 aromatic heterocycles. The molecule has 1 aliphatic heterocycles. The molecule has 4 nitrogen and oxygen atoms in total. The minimum Gasteiger partial charge on any atom is -0.454 e. The predicted molar refractivity (Wildman–Crippen MR) is 96.2 cm³/mol. The smallest absolute Gasteiger partial charge is 0.234 e. The highest BCUT2D eigenvalue weighted by atomic mass is 79.9. The summed E-state index contributed by atoms with van der Waals surface area (Å²) >= 11 is 4.93. The molecule has 0 radical (unpaired) electrons. The lowest BCUT2D eigenvalue weighted by atomic mass is 10.2. The van der Waals surface area contributed by atoms with E-state index >= 15 is 0 Å². The van der Waals surface area contributed by atoms with Gasteiger partial charge in [-0.2, -0.15) is 0 Å². The molecule has 1 amide bonds. The summed E-state index contributed by atoms with van der Waals surface area (Å²) in [7, 11) is 0. The van der Waals surface area contributed by atoms with E-state index in [0.29, 0.717) is 17.3 Å². The van der Waals surface area contributed by atoms with Gasteiger partial charge in [-0.05, 0) is 42.3 Å². The minimum absolute atomic E-state index is 0.204. The van der Waals surface area contributed by atoms with Crippen LogP contribution in [0.3, 0.4) is 0 Å². The average molecular weight is 412 g/mol. The standard InChI is InChI=1S/C17H15BrFNO3S/c1-10-2-3-14(13(19)4-10)20-17(21)8-24-7-11-5-15-16(6-12(11)18)23-9-22-15/h2-6H,7-9H2,1H3,(H,20,21). The van der Waals surface area contributed by atoms with Crippen molar-refractivity contribution in [2.45, 2.75) is 12.7 Å². The maximum Gasteiger partial charge on any atom is 0.234 e. The Balaban J connectivity index is 1.54. The number of hydrogen-bond donors (Lipinski definition) is 1. The third-order valence-corrected chi connectivity index (χ3v) is 5.15. The van der Waals surface area contributed by atoms with Crippen molar-refractivity contribution >= 4 is 39.3 Å². The van der Waals surface area contributed by atoms with Gasteiger partial charge in [0.25, 0.3) is 0 Å². The van der Waals surface area contributed by atoms with Gasteiger partial charge in [-0.25, -0.2) is 4.39 Å². The quantitative estimate of drug-likeness (QED) is 0.786. The van der Waals surface area contributed by atoms with Crippen LogP contribution in [-0.4, -0.2) is 18.5 Å². The van der Waals surface area contributed by atoms with Gasteiger partial charge in [0.15, 0.2) is 11.5 Å². The van der Waals surface area contributed by atoms with E-state index in [2.05, 4.69) is 21.2 Å². The van der Waals surface area contributed by atoms with E-state index in [9.17, 15) is 9.18 Å². The first-order chi connectivity index (χ1) is 11.5. The zero-order valence-corrected chi connectivity index (χ0v) is 15.3. The number of thioether (sulfide) groups is 1. The minimum atomic E-state index is -0.424. The zero-order chi connectivity index (χ0) is 17.1. The van der Waals surface area contributed by atoms with Crippen LogP contribution in [0.5, 0.6) is 11.5 Å². The van der Waals surface area contributed by atoms with Crippen molar-refractivity contribution in [3.8, 4) is 11.5 Å². The summed E-state index contributed by atoms with van der Waals surface area (Å²) in [6, 6.07) is 8.49.